The molecule has 2 aliphatic rings. The molecule has 4 nitrogen and oxygen atoms in total. The molecule has 2 saturated heterocycles. The summed E-state index contributed by atoms with van der Waals surface area (Å²) in [6, 6.07) is 3.58. The molecule has 3 heterocycles. The minimum atomic E-state index is 0.0642. The van der Waals surface area contributed by atoms with E-state index >= 15 is 0 Å². The molecule has 2 aliphatic heterocycles. The molecule has 0 N–H and O–H groups in total. The lowest BCUT2D eigenvalue weighted by molar-refractivity contribution is -0.0149. The molecule has 2 bridgehead atoms. The minimum absolute atomic E-state index is 0.0642. The van der Waals surface area contributed by atoms with Crippen molar-refractivity contribution in [2.24, 2.45) is 5.92 Å². The minimum Gasteiger partial charge on any atom is -0.480 e. The molecule has 2 fully saturated rings. The van der Waals surface area contributed by atoms with Crippen LogP contribution in [0.15, 0.2) is 18.3 Å². The molecule has 0 amide bonds. The van der Waals surface area contributed by atoms with Crippen molar-refractivity contribution in [1.82, 2.24) is 4.98 Å². The van der Waals surface area contributed by atoms with Crippen molar-refractivity contribution in [2.75, 3.05) is 7.11 Å². The zero-order valence-electron chi connectivity index (χ0n) is 10.5. The number of Topliss-reactive ketones (excluding diaryl/α,β-unsaturated/α-hetero) is 1. The van der Waals surface area contributed by atoms with E-state index in [1.807, 2.05) is 0 Å². The normalized spacial score (nSPS) is 30.2. The van der Waals surface area contributed by atoms with Crippen molar-refractivity contribution >= 4 is 5.78 Å². The molecule has 1 aromatic rings. The van der Waals surface area contributed by atoms with E-state index in [4.69, 9.17) is 9.47 Å². The number of pyridine rings is 1. The second-order valence-corrected chi connectivity index (χ2v) is 5.05. The summed E-state index contributed by atoms with van der Waals surface area (Å²) in [5.41, 5.74) is 0.603. The Bertz CT molecular complexity index is 448. The van der Waals surface area contributed by atoms with Crippen molar-refractivity contribution in [3.63, 3.8) is 0 Å². The van der Waals surface area contributed by atoms with Gasteiger partial charge in [0.2, 0.25) is 5.88 Å². The van der Waals surface area contributed by atoms with Gasteiger partial charge in [0.1, 0.15) is 0 Å². The summed E-state index contributed by atoms with van der Waals surface area (Å²) in [4.78, 5) is 16.6. The summed E-state index contributed by atoms with van der Waals surface area (Å²) in [5, 5.41) is 0. The van der Waals surface area contributed by atoms with Gasteiger partial charge in [0.05, 0.1) is 24.9 Å². The average molecular weight is 247 g/mol. The number of hydrogen-bond donors (Lipinski definition) is 0. The standard InChI is InChI=1S/C14H17NO3/c1-17-14-12(3-2-6-15-14)13(16)9-7-10-4-5-11(8-9)18-10/h2-3,6,9-11H,4-5,7-8H2,1H3. The Morgan fingerprint density at radius 3 is 2.78 bits per heavy atom. The fraction of sp³-hybridized carbons (Fsp3) is 0.571. The van der Waals surface area contributed by atoms with Crippen LogP contribution in [-0.2, 0) is 4.74 Å². The quantitative estimate of drug-likeness (QED) is 0.768. The summed E-state index contributed by atoms with van der Waals surface area (Å²) in [6.07, 6.45) is 6.07. The molecule has 2 atom stereocenters. The first-order valence-electron chi connectivity index (χ1n) is 6.46. The maximum atomic E-state index is 12.5. The Hall–Kier alpha value is -1.42. The van der Waals surface area contributed by atoms with Gasteiger partial charge in [-0.2, -0.15) is 0 Å². The predicted molar refractivity (Wildman–Crippen MR) is 65.7 cm³/mol. The van der Waals surface area contributed by atoms with E-state index in [0.29, 0.717) is 11.4 Å². The Balaban J connectivity index is 1.82. The van der Waals surface area contributed by atoms with Gasteiger partial charge in [0.25, 0.3) is 0 Å². The first-order valence-corrected chi connectivity index (χ1v) is 6.46. The number of carbonyl (C=O) groups excluding carboxylic acids is 1. The molecule has 1 aromatic heterocycles. The fourth-order valence-corrected chi connectivity index (χ4v) is 3.03. The van der Waals surface area contributed by atoms with Gasteiger partial charge in [-0.1, -0.05) is 0 Å². The number of methoxy groups -OCH3 is 1. The lowest BCUT2D eigenvalue weighted by Gasteiger charge is -2.27. The topological polar surface area (TPSA) is 48.4 Å². The molecule has 0 radical (unpaired) electrons. The van der Waals surface area contributed by atoms with Crippen molar-refractivity contribution in [3.8, 4) is 5.88 Å². The zero-order valence-corrected chi connectivity index (χ0v) is 10.5. The number of hydrogen-bond acceptors (Lipinski definition) is 4. The Morgan fingerprint density at radius 1 is 1.39 bits per heavy atom. The molecular weight excluding hydrogens is 230 g/mol. The maximum absolute atomic E-state index is 12.5. The van der Waals surface area contributed by atoms with Crippen LogP contribution in [-0.4, -0.2) is 30.1 Å². The SMILES string of the molecule is COc1ncccc1C(=O)C1CC2CCC(C1)O2. The van der Waals surface area contributed by atoms with E-state index in [9.17, 15) is 4.79 Å². The highest BCUT2D eigenvalue weighted by atomic mass is 16.5. The highest BCUT2D eigenvalue weighted by Gasteiger charge is 2.38. The number of aromatic nitrogens is 1. The van der Waals surface area contributed by atoms with E-state index in [0.717, 1.165) is 25.7 Å². The van der Waals surface area contributed by atoms with Crippen molar-refractivity contribution in [1.29, 1.82) is 0 Å². The third-order valence-electron chi connectivity index (χ3n) is 3.89. The highest BCUT2D eigenvalue weighted by molar-refractivity contribution is 5.99. The molecule has 96 valence electrons. The second-order valence-electron chi connectivity index (χ2n) is 5.05. The van der Waals surface area contributed by atoms with Crippen LogP contribution < -0.4 is 4.74 Å². The number of carbonyl (C=O) groups is 1. The van der Waals surface area contributed by atoms with Crippen LogP contribution in [0.2, 0.25) is 0 Å². The van der Waals surface area contributed by atoms with Gasteiger partial charge in [-0.05, 0) is 37.8 Å². The molecule has 0 aliphatic carbocycles. The van der Waals surface area contributed by atoms with E-state index in [1.165, 1.54) is 0 Å². The van der Waals surface area contributed by atoms with E-state index in [2.05, 4.69) is 4.98 Å². The molecule has 0 spiro atoms. The summed E-state index contributed by atoms with van der Waals surface area (Å²) in [6.45, 7) is 0. The molecule has 0 saturated carbocycles. The van der Waals surface area contributed by atoms with Gasteiger partial charge < -0.3 is 9.47 Å². The Kier molecular flexibility index (Phi) is 3.04. The second kappa shape index (κ2) is 4.69. The van der Waals surface area contributed by atoms with Gasteiger partial charge >= 0.3 is 0 Å². The summed E-state index contributed by atoms with van der Waals surface area (Å²) in [7, 11) is 1.55. The number of ether oxygens (including phenoxy) is 2. The highest BCUT2D eigenvalue weighted by Crippen LogP contribution is 2.37. The molecule has 4 heteroatoms. The lowest BCUT2D eigenvalue weighted by Crippen LogP contribution is -2.30. The third-order valence-corrected chi connectivity index (χ3v) is 3.89. The largest absolute Gasteiger partial charge is 0.480 e. The molecule has 3 rings (SSSR count). The van der Waals surface area contributed by atoms with Crippen LogP contribution in [0, 0.1) is 5.92 Å². The monoisotopic (exact) mass is 247 g/mol. The van der Waals surface area contributed by atoms with Crippen LogP contribution >= 0.6 is 0 Å². The molecular formula is C14H17NO3. The van der Waals surface area contributed by atoms with Crippen molar-refractivity contribution in [2.45, 2.75) is 37.9 Å². The summed E-state index contributed by atoms with van der Waals surface area (Å²) >= 11 is 0. The summed E-state index contributed by atoms with van der Waals surface area (Å²) in [5.74, 6) is 0.649. The number of rotatable bonds is 3. The van der Waals surface area contributed by atoms with Gasteiger partial charge in [-0.3, -0.25) is 4.79 Å². The van der Waals surface area contributed by atoms with Crippen LogP contribution in [0.1, 0.15) is 36.0 Å². The molecule has 2 unspecified atom stereocenters. The van der Waals surface area contributed by atoms with Crippen LogP contribution in [0.5, 0.6) is 5.88 Å². The van der Waals surface area contributed by atoms with E-state index in [1.54, 1.807) is 25.4 Å². The first-order chi connectivity index (χ1) is 8.78. The number of ketones is 1. The van der Waals surface area contributed by atoms with Crippen molar-refractivity contribution in [3.05, 3.63) is 23.9 Å². The Morgan fingerprint density at radius 2 is 2.11 bits per heavy atom. The van der Waals surface area contributed by atoms with Crippen LogP contribution in [0.3, 0.4) is 0 Å². The average Bonchev–Trinajstić information content (AvgIpc) is 2.76. The van der Waals surface area contributed by atoms with Crippen molar-refractivity contribution < 1.29 is 14.3 Å². The maximum Gasteiger partial charge on any atom is 0.224 e. The number of nitrogens with zero attached hydrogens (tertiary/aromatic N) is 1. The van der Waals surface area contributed by atoms with E-state index < -0.39 is 0 Å². The summed E-state index contributed by atoms with van der Waals surface area (Å²) < 4.78 is 10.9. The molecule has 18 heavy (non-hydrogen) atoms. The predicted octanol–water partition coefficient (Wildman–Crippen LogP) is 2.23. The lowest BCUT2D eigenvalue weighted by atomic mass is 9.88. The van der Waals surface area contributed by atoms with Gasteiger partial charge in [0.15, 0.2) is 5.78 Å². The number of fused-ring (bicyclic) bond motifs is 2. The fourth-order valence-electron chi connectivity index (χ4n) is 3.03. The third kappa shape index (κ3) is 2.01. The van der Waals surface area contributed by atoms with E-state index in [-0.39, 0.29) is 23.9 Å². The van der Waals surface area contributed by atoms with Gasteiger partial charge in [0, 0.05) is 12.1 Å². The Labute approximate surface area is 106 Å². The van der Waals surface area contributed by atoms with Crippen LogP contribution in [0.25, 0.3) is 0 Å². The molecule has 0 aromatic carbocycles. The smallest absolute Gasteiger partial charge is 0.224 e. The first kappa shape index (κ1) is 11.7. The zero-order chi connectivity index (χ0) is 12.5. The van der Waals surface area contributed by atoms with Crippen LogP contribution in [0.4, 0.5) is 0 Å². The van der Waals surface area contributed by atoms with Gasteiger partial charge in [-0.15, -0.1) is 0 Å². The van der Waals surface area contributed by atoms with Gasteiger partial charge in [-0.25, -0.2) is 4.98 Å².